The van der Waals surface area contributed by atoms with Crippen molar-refractivity contribution in [1.29, 1.82) is 0 Å². The lowest BCUT2D eigenvalue weighted by Gasteiger charge is -2.33. The molecule has 0 saturated heterocycles. The maximum Gasteiger partial charge on any atom is 0.264 e. The maximum atomic E-state index is 14.1. The summed E-state index contributed by atoms with van der Waals surface area (Å²) < 4.78 is 28.8. The second-order valence-electron chi connectivity index (χ2n) is 10.1. The zero-order valence-corrected chi connectivity index (χ0v) is 25.9. The average molecular weight is 637 g/mol. The van der Waals surface area contributed by atoms with Crippen molar-refractivity contribution >= 4 is 62.3 Å². The molecule has 1 aliphatic carbocycles. The molecule has 2 amide bonds. The van der Waals surface area contributed by atoms with Crippen molar-refractivity contribution in [3.8, 4) is 0 Å². The summed E-state index contributed by atoms with van der Waals surface area (Å²) in [5.41, 5.74) is 1.43. The Morgan fingerprint density at radius 2 is 1.56 bits per heavy atom. The predicted octanol–water partition coefficient (Wildman–Crippen LogP) is 6.63. The highest BCUT2D eigenvalue weighted by Crippen LogP contribution is 2.30. The first kappa shape index (κ1) is 31.2. The van der Waals surface area contributed by atoms with Gasteiger partial charge in [-0.05, 0) is 68.7 Å². The van der Waals surface area contributed by atoms with Gasteiger partial charge < -0.3 is 10.2 Å². The molecule has 1 unspecified atom stereocenters. The lowest BCUT2D eigenvalue weighted by molar-refractivity contribution is -0.139. The van der Waals surface area contributed by atoms with E-state index in [0.29, 0.717) is 20.6 Å². The van der Waals surface area contributed by atoms with Crippen LogP contribution in [0.25, 0.3) is 0 Å². The summed E-state index contributed by atoms with van der Waals surface area (Å²) in [6, 6.07) is 16.7. The maximum absolute atomic E-state index is 14.1. The van der Waals surface area contributed by atoms with Crippen LogP contribution in [-0.4, -0.2) is 43.8 Å². The van der Waals surface area contributed by atoms with Crippen LogP contribution in [0.2, 0.25) is 15.1 Å². The third kappa shape index (κ3) is 7.36. The van der Waals surface area contributed by atoms with Crippen molar-refractivity contribution in [3.05, 3.63) is 92.9 Å². The number of benzene rings is 3. The number of halogens is 3. The van der Waals surface area contributed by atoms with E-state index in [1.165, 1.54) is 23.1 Å². The summed E-state index contributed by atoms with van der Waals surface area (Å²) in [4.78, 5) is 28.8. The lowest BCUT2D eigenvalue weighted by atomic mass is 10.1. The van der Waals surface area contributed by atoms with Gasteiger partial charge in [-0.1, -0.05) is 78.0 Å². The van der Waals surface area contributed by atoms with Gasteiger partial charge in [0.1, 0.15) is 12.6 Å². The lowest BCUT2D eigenvalue weighted by Crippen LogP contribution is -2.52. The topological polar surface area (TPSA) is 86.8 Å². The van der Waals surface area contributed by atoms with Crippen molar-refractivity contribution in [1.82, 2.24) is 10.2 Å². The van der Waals surface area contributed by atoms with Crippen LogP contribution in [0.1, 0.15) is 43.7 Å². The minimum Gasteiger partial charge on any atom is -0.352 e. The Labute approximate surface area is 256 Å². The van der Waals surface area contributed by atoms with Crippen LogP contribution in [-0.2, 0) is 26.2 Å². The van der Waals surface area contributed by atoms with Gasteiger partial charge in [0, 0.05) is 33.2 Å². The Bertz CT molecular complexity index is 1490. The summed E-state index contributed by atoms with van der Waals surface area (Å²) in [5.74, 6) is -0.935. The molecule has 3 aromatic carbocycles. The number of anilines is 1. The average Bonchev–Trinajstić information content (AvgIpc) is 3.46. The van der Waals surface area contributed by atoms with Crippen LogP contribution in [0.15, 0.2) is 71.6 Å². The zero-order valence-electron chi connectivity index (χ0n) is 22.8. The molecule has 0 aromatic heterocycles. The Morgan fingerprint density at radius 3 is 2.17 bits per heavy atom. The Balaban J connectivity index is 1.73. The van der Waals surface area contributed by atoms with Gasteiger partial charge in [0.05, 0.1) is 10.6 Å². The number of nitrogens with one attached hydrogen (secondary N) is 1. The first-order valence-corrected chi connectivity index (χ1v) is 15.9. The number of hydrogen-bond acceptors (Lipinski definition) is 4. The Kier molecular flexibility index (Phi) is 10.2. The monoisotopic (exact) mass is 635 g/mol. The molecule has 0 bridgehead atoms. The van der Waals surface area contributed by atoms with E-state index in [1.54, 1.807) is 62.4 Å². The first-order valence-electron chi connectivity index (χ1n) is 13.4. The number of aryl methyl sites for hydroxylation is 1. The molecule has 1 fully saturated rings. The van der Waals surface area contributed by atoms with Gasteiger partial charge >= 0.3 is 0 Å². The van der Waals surface area contributed by atoms with E-state index in [2.05, 4.69) is 5.32 Å². The molecule has 11 heteroatoms. The number of amides is 2. The van der Waals surface area contributed by atoms with Crippen LogP contribution in [0.4, 0.5) is 5.69 Å². The van der Waals surface area contributed by atoms with Crippen molar-refractivity contribution in [2.75, 3.05) is 10.8 Å². The van der Waals surface area contributed by atoms with Crippen molar-refractivity contribution < 1.29 is 18.0 Å². The van der Waals surface area contributed by atoms with Crippen LogP contribution < -0.4 is 9.62 Å². The highest BCUT2D eigenvalue weighted by molar-refractivity contribution is 7.92. The highest BCUT2D eigenvalue weighted by Gasteiger charge is 2.34. The summed E-state index contributed by atoms with van der Waals surface area (Å²) in [6.45, 7) is 2.74. The van der Waals surface area contributed by atoms with E-state index in [9.17, 15) is 18.0 Å². The minimum absolute atomic E-state index is 0.0113. The smallest absolute Gasteiger partial charge is 0.264 e. The van der Waals surface area contributed by atoms with E-state index in [-0.39, 0.29) is 29.1 Å². The molecule has 218 valence electrons. The van der Waals surface area contributed by atoms with Crippen molar-refractivity contribution in [2.24, 2.45) is 0 Å². The molecule has 0 radical (unpaired) electrons. The van der Waals surface area contributed by atoms with E-state index < -0.39 is 28.5 Å². The number of hydrogen-bond donors (Lipinski definition) is 1. The van der Waals surface area contributed by atoms with Crippen LogP contribution in [0.5, 0.6) is 0 Å². The fourth-order valence-corrected chi connectivity index (χ4v) is 6.93. The molecule has 7 nitrogen and oxygen atoms in total. The Morgan fingerprint density at radius 1 is 0.927 bits per heavy atom. The van der Waals surface area contributed by atoms with Gasteiger partial charge in [0.15, 0.2) is 0 Å². The molecule has 1 saturated carbocycles. The second-order valence-corrected chi connectivity index (χ2v) is 13.2. The largest absolute Gasteiger partial charge is 0.352 e. The number of carbonyl (C=O) groups excluding carboxylic acids is 2. The molecule has 4 rings (SSSR count). The standard InChI is InChI=1S/C30H32Cl3N3O4S/c1-20-15-16-23(17-28(20)33)36(41(39,40)24-11-4-3-5-12-24)19-29(37)35(18-25-26(31)13-8-14-27(25)32)21(2)30(38)34-22-9-6-7-10-22/h3-5,8,11-17,21-22H,6-7,9-10,18-19H2,1-2H3,(H,34,38). The fraction of sp³-hybridized carbons (Fsp3) is 0.333. The normalized spacial score (nSPS) is 14.5. The quantitative estimate of drug-likeness (QED) is 0.271. The SMILES string of the molecule is Cc1ccc(N(CC(=O)N(Cc2c(Cl)cccc2Cl)C(C)C(=O)NC2CCCC2)S(=O)(=O)c2ccccc2)cc1Cl. The summed E-state index contributed by atoms with van der Waals surface area (Å²) in [5, 5.41) is 4.05. The molecule has 0 aliphatic heterocycles. The van der Waals surface area contributed by atoms with Crippen molar-refractivity contribution in [2.45, 2.75) is 63.1 Å². The number of carbonyl (C=O) groups is 2. The van der Waals surface area contributed by atoms with E-state index in [1.807, 2.05) is 0 Å². The molecule has 0 spiro atoms. The van der Waals surface area contributed by atoms with Crippen molar-refractivity contribution in [3.63, 3.8) is 0 Å². The molecular weight excluding hydrogens is 605 g/mol. The Hall–Kier alpha value is -2.78. The number of sulfonamides is 1. The zero-order chi connectivity index (χ0) is 29.7. The van der Waals surface area contributed by atoms with Gasteiger partial charge in [-0.3, -0.25) is 13.9 Å². The third-order valence-corrected chi connectivity index (χ3v) is 10.2. The van der Waals surface area contributed by atoms with Gasteiger partial charge in [-0.25, -0.2) is 8.42 Å². The van der Waals surface area contributed by atoms with Gasteiger partial charge in [0.25, 0.3) is 10.0 Å². The van der Waals surface area contributed by atoms with Crippen LogP contribution in [0, 0.1) is 6.92 Å². The third-order valence-electron chi connectivity index (χ3n) is 7.31. The molecule has 1 atom stereocenters. The van der Waals surface area contributed by atoms with Crippen LogP contribution in [0.3, 0.4) is 0 Å². The van der Waals surface area contributed by atoms with E-state index in [4.69, 9.17) is 34.8 Å². The number of nitrogens with zero attached hydrogens (tertiary/aromatic N) is 2. The summed E-state index contributed by atoms with van der Waals surface area (Å²) in [6.07, 6.45) is 3.81. The summed E-state index contributed by atoms with van der Waals surface area (Å²) in [7, 11) is -4.19. The van der Waals surface area contributed by atoms with E-state index >= 15 is 0 Å². The molecule has 3 aromatic rings. The predicted molar refractivity (Wildman–Crippen MR) is 164 cm³/mol. The summed E-state index contributed by atoms with van der Waals surface area (Å²) >= 11 is 19.3. The molecular formula is C30H32Cl3N3O4S. The molecule has 1 aliphatic rings. The minimum atomic E-state index is -4.19. The highest BCUT2D eigenvalue weighted by atomic mass is 35.5. The van der Waals surface area contributed by atoms with E-state index in [0.717, 1.165) is 35.6 Å². The first-order chi connectivity index (χ1) is 19.5. The second kappa shape index (κ2) is 13.5. The molecule has 41 heavy (non-hydrogen) atoms. The van der Waals surface area contributed by atoms with Gasteiger partial charge in [0.2, 0.25) is 11.8 Å². The van der Waals surface area contributed by atoms with Crippen LogP contribution >= 0.6 is 34.8 Å². The van der Waals surface area contributed by atoms with Gasteiger partial charge in [-0.2, -0.15) is 0 Å². The fourth-order valence-electron chi connectivity index (χ4n) is 4.81. The number of rotatable bonds is 10. The molecule has 0 heterocycles. The molecule has 1 N–H and O–H groups in total. The van der Waals surface area contributed by atoms with Gasteiger partial charge in [-0.15, -0.1) is 0 Å².